The minimum Gasteiger partial charge on any atom is -0.443 e. The molecule has 0 saturated heterocycles. The highest BCUT2D eigenvalue weighted by Crippen LogP contribution is 2.32. The molecule has 1 amide bonds. The van der Waals surface area contributed by atoms with E-state index < -0.39 is 29.7 Å². The Hall–Kier alpha value is -4.12. The van der Waals surface area contributed by atoms with E-state index in [-0.39, 0.29) is 10.6 Å². The van der Waals surface area contributed by atoms with E-state index in [9.17, 15) is 22.8 Å². The fraction of sp³-hybridized carbons (Fsp3) is 0.125. The molecule has 0 saturated carbocycles. The molecule has 0 bridgehead atoms. The van der Waals surface area contributed by atoms with Gasteiger partial charge in [0.2, 0.25) is 6.10 Å². The van der Waals surface area contributed by atoms with Crippen LogP contribution in [0.4, 0.5) is 18.9 Å². The lowest BCUT2D eigenvalue weighted by molar-refractivity contribution is -0.137. The Bertz CT molecular complexity index is 1350. The van der Waals surface area contributed by atoms with Gasteiger partial charge < -0.3 is 10.1 Å². The number of ether oxygens (including phenoxy) is 1. The molecule has 2 aromatic carbocycles. The zero-order valence-corrected chi connectivity index (χ0v) is 18.9. The second-order valence-electron chi connectivity index (χ2n) is 7.27. The van der Waals surface area contributed by atoms with Gasteiger partial charge in [-0.1, -0.05) is 36.4 Å². The molecule has 4 rings (SSSR count). The number of rotatable bonds is 6. The lowest BCUT2D eigenvalue weighted by atomic mass is 10.1. The summed E-state index contributed by atoms with van der Waals surface area (Å²) in [4.78, 5) is 38.8. The third-order valence-corrected chi connectivity index (χ3v) is 5.90. The SMILES string of the molecule is Cc1nc(-c2ncccn2)sc1C(=O)OC(C(=O)Nc1cccc(C(F)(F)F)c1)c1ccccc1. The van der Waals surface area contributed by atoms with Crippen LogP contribution in [-0.4, -0.2) is 26.8 Å². The van der Waals surface area contributed by atoms with Gasteiger partial charge in [-0.15, -0.1) is 11.3 Å². The third kappa shape index (κ3) is 5.69. The topological polar surface area (TPSA) is 94.1 Å². The molecule has 7 nitrogen and oxygen atoms in total. The van der Waals surface area contributed by atoms with Crippen molar-refractivity contribution in [1.29, 1.82) is 0 Å². The third-order valence-electron chi connectivity index (χ3n) is 4.76. The molecule has 2 aromatic heterocycles. The summed E-state index contributed by atoms with van der Waals surface area (Å²) in [5.74, 6) is -1.28. The number of thiazole rings is 1. The summed E-state index contributed by atoms with van der Waals surface area (Å²) in [5, 5.41) is 2.81. The maximum atomic E-state index is 13.1. The molecule has 0 spiro atoms. The van der Waals surface area contributed by atoms with Crippen molar-refractivity contribution in [3.05, 3.63) is 94.8 Å². The maximum absolute atomic E-state index is 13.1. The Kier molecular flexibility index (Phi) is 6.87. The molecule has 0 aliphatic heterocycles. The Morgan fingerprint density at radius 1 is 1.00 bits per heavy atom. The molecule has 35 heavy (non-hydrogen) atoms. The van der Waals surface area contributed by atoms with E-state index >= 15 is 0 Å². The van der Waals surface area contributed by atoms with Crippen LogP contribution < -0.4 is 5.32 Å². The van der Waals surface area contributed by atoms with Gasteiger partial charge in [-0.2, -0.15) is 13.2 Å². The molecule has 1 N–H and O–H groups in total. The number of hydrogen-bond acceptors (Lipinski definition) is 7. The van der Waals surface area contributed by atoms with Gasteiger partial charge >= 0.3 is 12.1 Å². The Morgan fingerprint density at radius 2 is 1.71 bits per heavy atom. The lowest BCUT2D eigenvalue weighted by Gasteiger charge is -2.18. The zero-order chi connectivity index (χ0) is 25.0. The summed E-state index contributed by atoms with van der Waals surface area (Å²) in [6, 6.07) is 14.0. The van der Waals surface area contributed by atoms with E-state index in [0.29, 0.717) is 22.1 Å². The normalized spacial score (nSPS) is 12.1. The number of alkyl halides is 3. The van der Waals surface area contributed by atoms with Gasteiger partial charge in [0.1, 0.15) is 4.88 Å². The standard InChI is InChI=1S/C24H17F3N4O3S/c1-14-19(35-22(30-14)20-28-11-6-12-29-20)23(33)34-18(15-7-3-2-4-8-15)21(32)31-17-10-5-9-16(13-17)24(25,26)27/h2-13,18H,1H3,(H,31,32). The van der Waals surface area contributed by atoms with Crippen molar-refractivity contribution in [1.82, 2.24) is 15.0 Å². The first-order chi connectivity index (χ1) is 16.7. The minimum atomic E-state index is -4.57. The number of aryl methyl sites for hydroxylation is 1. The number of nitrogens with one attached hydrogen (secondary N) is 1. The second kappa shape index (κ2) is 10.0. The maximum Gasteiger partial charge on any atom is 0.416 e. The number of esters is 1. The number of halogens is 3. The van der Waals surface area contributed by atoms with Gasteiger partial charge in [0.15, 0.2) is 10.8 Å². The largest absolute Gasteiger partial charge is 0.443 e. The highest BCUT2D eigenvalue weighted by atomic mass is 32.1. The highest BCUT2D eigenvalue weighted by molar-refractivity contribution is 7.16. The van der Waals surface area contributed by atoms with Crippen molar-refractivity contribution < 1.29 is 27.5 Å². The van der Waals surface area contributed by atoms with E-state index in [1.807, 2.05) is 0 Å². The Balaban J connectivity index is 1.59. The van der Waals surface area contributed by atoms with Crippen molar-refractivity contribution >= 4 is 28.9 Å². The second-order valence-corrected chi connectivity index (χ2v) is 8.27. The van der Waals surface area contributed by atoms with E-state index in [4.69, 9.17) is 4.74 Å². The number of aromatic nitrogens is 3. The molecule has 0 aliphatic carbocycles. The molecule has 1 unspecified atom stereocenters. The van der Waals surface area contributed by atoms with Crippen LogP contribution in [0.2, 0.25) is 0 Å². The number of anilines is 1. The van der Waals surface area contributed by atoms with Crippen LogP contribution in [0.1, 0.15) is 32.6 Å². The van der Waals surface area contributed by atoms with Crippen LogP contribution in [0.25, 0.3) is 10.8 Å². The first-order valence-electron chi connectivity index (χ1n) is 10.2. The van der Waals surface area contributed by atoms with Crippen LogP contribution in [0, 0.1) is 6.92 Å². The molecular weight excluding hydrogens is 481 g/mol. The first kappa shape index (κ1) is 24.0. The summed E-state index contributed by atoms with van der Waals surface area (Å²) in [5.41, 5.74) is -0.287. The highest BCUT2D eigenvalue weighted by Gasteiger charge is 2.32. The van der Waals surface area contributed by atoms with Gasteiger partial charge in [-0.3, -0.25) is 4.79 Å². The quantitative estimate of drug-likeness (QED) is 0.355. The molecule has 2 heterocycles. The average molecular weight is 498 g/mol. The summed E-state index contributed by atoms with van der Waals surface area (Å²) in [6.07, 6.45) is -2.91. The van der Waals surface area contributed by atoms with E-state index in [0.717, 1.165) is 23.5 Å². The zero-order valence-electron chi connectivity index (χ0n) is 18.1. The van der Waals surface area contributed by atoms with Gasteiger partial charge in [0, 0.05) is 23.6 Å². The van der Waals surface area contributed by atoms with Crippen LogP contribution in [0.15, 0.2) is 73.1 Å². The summed E-state index contributed by atoms with van der Waals surface area (Å²) in [7, 11) is 0. The summed E-state index contributed by atoms with van der Waals surface area (Å²) >= 11 is 1.01. The molecule has 11 heteroatoms. The molecule has 0 fully saturated rings. The number of amides is 1. The summed E-state index contributed by atoms with van der Waals surface area (Å²) in [6.45, 7) is 1.61. The molecule has 4 aromatic rings. The molecule has 178 valence electrons. The van der Waals surface area contributed by atoms with Crippen molar-refractivity contribution in [2.75, 3.05) is 5.32 Å². The fourth-order valence-electron chi connectivity index (χ4n) is 3.13. The number of benzene rings is 2. The van der Waals surface area contributed by atoms with Gasteiger partial charge in [-0.25, -0.2) is 19.7 Å². The smallest absolute Gasteiger partial charge is 0.416 e. The van der Waals surface area contributed by atoms with E-state index in [1.165, 1.54) is 12.1 Å². The molecule has 0 radical (unpaired) electrons. The predicted molar refractivity (Wildman–Crippen MR) is 123 cm³/mol. The van der Waals surface area contributed by atoms with Crippen molar-refractivity contribution in [3.63, 3.8) is 0 Å². The summed E-state index contributed by atoms with van der Waals surface area (Å²) < 4.78 is 44.7. The predicted octanol–water partition coefficient (Wildman–Crippen LogP) is 5.46. The van der Waals surface area contributed by atoms with Crippen LogP contribution in [0.5, 0.6) is 0 Å². The van der Waals surface area contributed by atoms with Crippen molar-refractivity contribution in [3.8, 4) is 10.8 Å². The average Bonchev–Trinajstić information content (AvgIpc) is 3.25. The monoisotopic (exact) mass is 498 g/mol. The first-order valence-corrected chi connectivity index (χ1v) is 11.0. The van der Waals surface area contributed by atoms with Gasteiger partial charge in [0.05, 0.1) is 11.3 Å². The molecular formula is C24H17F3N4O3S. The minimum absolute atomic E-state index is 0.0840. The van der Waals surface area contributed by atoms with Crippen molar-refractivity contribution in [2.45, 2.75) is 19.2 Å². The van der Waals surface area contributed by atoms with Crippen LogP contribution in [0.3, 0.4) is 0 Å². The number of nitrogens with zero attached hydrogens (tertiary/aromatic N) is 3. The van der Waals surface area contributed by atoms with Gasteiger partial charge in [-0.05, 0) is 31.2 Å². The van der Waals surface area contributed by atoms with E-state index in [1.54, 1.807) is 55.7 Å². The molecule has 0 aliphatic rings. The Labute approximate surface area is 201 Å². The Morgan fingerprint density at radius 3 is 2.40 bits per heavy atom. The number of hydrogen-bond donors (Lipinski definition) is 1. The van der Waals surface area contributed by atoms with Crippen LogP contribution >= 0.6 is 11.3 Å². The fourth-order valence-corrected chi connectivity index (χ4v) is 4.03. The van der Waals surface area contributed by atoms with Gasteiger partial charge in [0.25, 0.3) is 5.91 Å². The van der Waals surface area contributed by atoms with E-state index in [2.05, 4.69) is 20.3 Å². The molecule has 1 atom stereocenters. The number of carbonyl (C=O) groups excluding carboxylic acids is 2. The van der Waals surface area contributed by atoms with Crippen molar-refractivity contribution in [2.24, 2.45) is 0 Å². The van der Waals surface area contributed by atoms with Crippen LogP contribution in [-0.2, 0) is 15.7 Å². The lowest BCUT2D eigenvalue weighted by Crippen LogP contribution is -2.26. The number of carbonyl (C=O) groups is 2.